The van der Waals surface area contributed by atoms with Gasteiger partial charge in [0, 0.05) is 10.6 Å². The standard InChI is InChI=1S/C23H15ClO2/c24-21-15-13-19(14-16-21)22-8-4-3-7-18(22)6-2-1-5-17-9-11-20(12-10-17)23(25)26/h2-4,6-16H,(H,25,26)/b6-2+. The first-order valence-electron chi connectivity index (χ1n) is 8.00. The molecule has 1 N–H and O–H groups in total. The van der Waals surface area contributed by atoms with Crippen molar-refractivity contribution < 1.29 is 9.90 Å². The van der Waals surface area contributed by atoms with Gasteiger partial charge in [-0.3, -0.25) is 0 Å². The smallest absolute Gasteiger partial charge is 0.335 e. The zero-order valence-corrected chi connectivity index (χ0v) is 14.6. The summed E-state index contributed by atoms with van der Waals surface area (Å²) in [5, 5.41) is 9.61. The van der Waals surface area contributed by atoms with E-state index in [2.05, 4.69) is 17.9 Å². The molecule has 0 aliphatic rings. The quantitative estimate of drug-likeness (QED) is 0.603. The van der Waals surface area contributed by atoms with Gasteiger partial charge in [-0.25, -0.2) is 4.79 Å². The predicted molar refractivity (Wildman–Crippen MR) is 106 cm³/mol. The van der Waals surface area contributed by atoms with Crippen LogP contribution in [0.5, 0.6) is 0 Å². The van der Waals surface area contributed by atoms with Crippen LogP contribution >= 0.6 is 11.6 Å². The zero-order valence-electron chi connectivity index (χ0n) is 13.8. The molecule has 0 radical (unpaired) electrons. The summed E-state index contributed by atoms with van der Waals surface area (Å²) in [7, 11) is 0. The number of rotatable bonds is 3. The topological polar surface area (TPSA) is 37.3 Å². The van der Waals surface area contributed by atoms with Crippen LogP contribution in [0.2, 0.25) is 5.02 Å². The van der Waals surface area contributed by atoms with E-state index in [1.165, 1.54) is 0 Å². The number of aromatic carboxylic acids is 1. The van der Waals surface area contributed by atoms with E-state index in [0.29, 0.717) is 5.02 Å². The van der Waals surface area contributed by atoms with Gasteiger partial charge in [0.1, 0.15) is 0 Å². The van der Waals surface area contributed by atoms with Crippen molar-refractivity contribution in [3.63, 3.8) is 0 Å². The molecule has 0 aliphatic carbocycles. The van der Waals surface area contributed by atoms with Gasteiger partial charge in [0.05, 0.1) is 5.56 Å². The Labute approximate surface area is 157 Å². The molecule has 3 rings (SSSR count). The van der Waals surface area contributed by atoms with Crippen molar-refractivity contribution in [3.05, 3.63) is 101 Å². The van der Waals surface area contributed by atoms with Gasteiger partial charge in [-0.15, -0.1) is 0 Å². The van der Waals surface area contributed by atoms with E-state index in [-0.39, 0.29) is 5.56 Å². The van der Waals surface area contributed by atoms with Gasteiger partial charge in [0.2, 0.25) is 0 Å². The molecular weight excluding hydrogens is 344 g/mol. The van der Waals surface area contributed by atoms with Crippen LogP contribution < -0.4 is 0 Å². The number of carboxylic acids is 1. The number of allylic oxidation sites excluding steroid dienone is 1. The van der Waals surface area contributed by atoms with Crippen LogP contribution in [-0.4, -0.2) is 11.1 Å². The molecule has 0 heterocycles. The van der Waals surface area contributed by atoms with Crippen molar-refractivity contribution in [1.29, 1.82) is 0 Å². The molecule has 0 aromatic heterocycles. The summed E-state index contributed by atoms with van der Waals surface area (Å²) >= 11 is 5.96. The van der Waals surface area contributed by atoms with Crippen LogP contribution in [0, 0.1) is 11.8 Å². The molecule has 0 saturated carbocycles. The Bertz CT molecular complexity index is 1000. The van der Waals surface area contributed by atoms with E-state index in [9.17, 15) is 4.79 Å². The number of hydrogen-bond acceptors (Lipinski definition) is 1. The van der Waals surface area contributed by atoms with E-state index in [4.69, 9.17) is 16.7 Å². The second-order valence-electron chi connectivity index (χ2n) is 5.58. The maximum Gasteiger partial charge on any atom is 0.335 e. The Morgan fingerprint density at radius 1 is 0.923 bits per heavy atom. The number of benzene rings is 3. The van der Waals surface area contributed by atoms with Gasteiger partial charge in [-0.05, 0) is 65.2 Å². The molecular formula is C23H15ClO2. The third-order valence-corrected chi connectivity index (χ3v) is 4.06. The van der Waals surface area contributed by atoms with Gasteiger partial charge in [0.25, 0.3) is 0 Å². The molecule has 3 heteroatoms. The molecule has 0 bridgehead atoms. The first-order valence-corrected chi connectivity index (χ1v) is 8.38. The van der Waals surface area contributed by atoms with Gasteiger partial charge >= 0.3 is 5.97 Å². The molecule has 26 heavy (non-hydrogen) atoms. The van der Waals surface area contributed by atoms with E-state index >= 15 is 0 Å². The third kappa shape index (κ3) is 4.42. The normalized spacial score (nSPS) is 10.3. The van der Waals surface area contributed by atoms with Crippen LogP contribution in [0.25, 0.3) is 17.2 Å². The molecule has 3 aromatic carbocycles. The lowest BCUT2D eigenvalue weighted by Crippen LogP contribution is -1.94. The molecule has 0 atom stereocenters. The molecule has 3 aromatic rings. The van der Waals surface area contributed by atoms with Crippen LogP contribution in [-0.2, 0) is 0 Å². The lowest BCUT2D eigenvalue weighted by molar-refractivity contribution is 0.0697. The predicted octanol–water partition coefficient (Wildman–Crippen LogP) is 5.77. The SMILES string of the molecule is O=C(O)c1ccc(C#C/C=C/c2ccccc2-c2ccc(Cl)cc2)cc1. The summed E-state index contributed by atoms with van der Waals surface area (Å²) in [6, 6.07) is 22.3. The number of carbonyl (C=O) groups is 1. The summed E-state index contributed by atoms with van der Waals surface area (Å²) in [6.45, 7) is 0. The van der Waals surface area contributed by atoms with Crippen molar-refractivity contribution in [2.24, 2.45) is 0 Å². The summed E-state index contributed by atoms with van der Waals surface area (Å²) < 4.78 is 0. The molecule has 0 fully saturated rings. The second kappa shape index (κ2) is 8.20. The molecule has 0 spiro atoms. The minimum Gasteiger partial charge on any atom is -0.478 e. The Morgan fingerprint density at radius 3 is 2.31 bits per heavy atom. The van der Waals surface area contributed by atoms with E-state index in [1.54, 1.807) is 30.3 Å². The Kier molecular flexibility index (Phi) is 5.53. The maximum atomic E-state index is 10.8. The highest BCUT2D eigenvalue weighted by Crippen LogP contribution is 2.25. The maximum absolute atomic E-state index is 10.8. The zero-order chi connectivity index (χ0) is 18.4. The fourth-order valence-corrected chi connectivity index (χ4v) is 2.61. The molecule has 0 unspecified atom stereocenters. The Hall–Kier alpha value is -3.28. The van der Waals surface area contributed by atoms with E-state index in [0.717, 1.165) is 22.3 Å². The summed E-state index contributed by atoms with van der Waals surface area (Å²) in [5.41, 5.74) is 4.28. The second-order valence-corrected chi connectivity index (χ2v) is 6.02. The van der Waals surface area contributed by atoms with Gasteiger partial charge in [0.15, 0.2) is 0 Å². The number of halogens is 1. The molecule has 0 aliphatic heterocycles. The van der Waals surface area contributed by atoms with Crippen molar-refractivity contribution in [2.45, 2.75) is 0 Å². The van der Waals surface area contributed by atoms with Crippen molar-refractivity contribution in [3.8, 4) is 23.0 Å². The largest absolute Gasteiger partial charge is 0.478 e. The summed E-state index contributed by atoms with van der Waals surface area (Å²) in [6.07, 6.45) is 3.75. The Morgan fingerprint density at radius 2 is 1.62 bits per heavy atom. The average molecular weight is 359 g/mol. The van der Waals surface area contributed by atoms with E-state index < -0.39 is 5.97 Å². The van der Waals surface area contributed by atoms with E-state index in [1.807, 2.05) is 48.5 Å². The fraction of sp³-hybridized carbons (Fsp3) is 0. The first-order chi connectivity index (χ1) is 12.6. The van der Waals surface area contributed by atoms with Crippen molar-refractivity contribution >= 4 is 23.6 Å². The van der Waals surface area contributed by atoms with Crippen molar-refractivity contribution in [2.75, 3.05) is 0 Å². The van der Waals surface area contributed by atoms with Gasteiger partial charge in [-0.2, -0.15) is 0 Å². The molecule has 0 saturated heterocycles. The highest BCUT2D eigenvalue weighted by Gasteiger charge is 2.02. The molecule has 2 nitrogen and oxygen atoms in total. The highest BCUT2D eigenvalue weighted by atomic mass is 35.5. The van der Waals surface area contributed by atoms with Gasteiger partial charge in [-0.1, -0.05) is 59.8 Å². The van der Waals surface area contributed by atoms with Crippen molar-refractivity contribution in [1.82, 2.24) is 0 Å². The number of carboxylic acid groups (broad SMARTS) is 1. The monoisotopic (exact) mass is 358 g/mol. The highest BCUT2D eigenvalue weighted by molar-refractivity contribution is 6.30. The average Bonchev–Trinajstić information content (AvgIpc) is 2.67. The minimum atomic E-state index is -0.941. The Balaban J connectivity index is 1.80. The first kappa shape index (κ1) is 17.5. The van der Waals surface area contributed by atoms with Gasteiger partial charge < -0.3 is 5.11 Å². The number of hydrogen-bond donors (Lipinski definition) is 1. The minimum absolute atomic E-state index is 0.253. The fourth-order valence-electron chi connectivity index (χ4n) is 2.49. The lowest BCUT2D eigenvalue weighted by atomic mass is 9.99. The summed E-state index contributed by atoms with van der Waals surface area (Å²) in [4.78, 5) is 10.8. The van der Waals surface area contributed by atoms with Crippen LogP contribution in [0.15, 0.2) is 78.9 Å². The van der Waals surface area contributed by atoms with Crippen LogP contribution in [0.3, 0.4) is 0 Å². The van der Waals surface area contributed by atoms with Crippen LogP contribution in [0.4, 0.5) is 0 Å². The third-order valence-electron chi connectivity index (χ3n) is 3.81. The molecule has 126 valence electrons. The molecule has 0 amide bonds. The summed E-state index contributed by atoms with van der Waals surface area (Å²) in [5.74, 6) is 5.05. The lowest BCUT2D eigenvalue weighted by Gasteiger charge is -2.06. The van der Waals surface area contributed by atoms with Crippen LogP contribution in [0.1, 0.15) is 21.5 Å².